The fourth-order valence-electron chi connectivity index (χ4n) is 2.09. The van der Waals surface area contributed by atoms with Crippen LogP contribution in [0.15, 0.2) is 30.3 Å². The minimum atomic E-state index is -1.61. The normalized spacial score (nSPS) is 13.6. The van der Waals surface area contributed by atoms with Crippen LogP contribution in [0.3, 0.4) is 0 Å². The van der Waals surface area contributed by atoms with Crippen molar-refractivity contribution in [3.8, 4) is 0 Å². The van der Waals surface area contributed by atoms with E-state index >= 15 is 0 Å². The van der Waals surface area contributed by atoms with Gasteiger partial charge in [0.2, 0.25) is 0 Å². The third kappa shape index (κ3) is 3.66. The van der Waals surface area contributed by atoms with Gasteiger partial charge >= 0.3 is 0 Å². The molecule has 0 N–H and O–H groups in total. The molecule has 1 rings (SSSR count). The van der Waals surface area contributed by atoms with Crippen LogP contribution in [0.1, 0.15) is 32.6 Å². The van der Waals surface area contributed by atoms with Crippen molar-refractivity contribution in [1.29, 1.82) is 0 Å². The van der Waals surface area contributed by atoms with E-state index in [2.05, 4.69) is 32.9 Å². The molecule has 0 aliphatic rings. The van der Waals surface area contributed by atoms with Crippen molar-refractivity contribution in [2.75, 3.05) is 7.11 Å². The molecule has 3 heteroatoms. The predicted molar refractivity (Wildman–Crippen MR) is 74.5 cm³/mol. The zero-order valence-electron chi connectivity index (χ0n) is 11.4. The molecule has 0 aliphatic heterocycles. The molecule has 0 aromatic heterocycles. The molecule has 0 heterocycles. The molecular weight excluding hydrogens is 228 g/mol. The van der Waals surface area contributed by atoms with Gasteiger partial charge in [0.1, 0.15) is 0 Å². The summed E-state index contributed by atoms with van der Waals surface area (Å²) < 4.78 is 11.8. The van der Waals surface area contributed by atoms with Crippen molar-refractivity contribution < 1.29 is 9.16 Å². The van der Waals surface area contributed by atoms with Crippen molar-refractivity contribution in [3.63, 3.8) is 0 Å². The van der Waals surface area contributed by atoms with Gasteiger partial charge in [-0.2, -0.15) is 0 Å². The average Bonchev–Trinajstić information content (AvgIpc) is 2.42. The van der Waals surface area contributed by atoms with Crippen LogP contribution < -0.4 is 0 Å². The van der Waals surface area contributed by atoms with E-state index in [0.29, 0.717) is 0 Å². The molecule has 1 aromatic carbocycles. The van der Waals surface area contributed by atoms with E-state index in [1.54, 1.807) is 7.11 Å². The van der Waals surface area contributed by atoms with Crippen LogP contribution in [0.5, 0.6) is 0 Å². The summed E-state index contributed by atoms with van der Waals surface area (Å²) in [6, 6.07) is 13.6. The molecule has 1 atom stereocenters. The molecule has 0 aliphatic carbocycles. The highest BCUT2D eigenvalue weighted by molar-refractivity contribution is 6.73. The van der Waals surface area contributed by atoms with E-state index in [1.165, 1.54) is 0 Å². The summed E-state index contributed by atoms with van der Waals surface area (Å²) in [6.45, 7) is 6.70. The molecule has 0 radical (unpaired) electrons. The molecule has 0 bridgehead atoms. The topological polar surface area (TPSA) is 18.5 Å². The average molecular weight is 252 g/mol. The number of hydrogen-bond donors (Lipinski definition) is 0. The summed E-state index contributed by atoms with van der Waals surface area (Å²) in [5, 5.41) is 0. The molecule has 0 saturated carbocycles. The van der Waals surface area contributed by atoms with E-state index in [1.807, 2.05) is 18.2 Å². The lowest BCUT2D eigenvalue weighted by Gasteiger charge is -2.32. The van der Waals surface area contributed by atoms with E-state index in [-0.39, 0.29) is 6.29 Å². The summed E-state index contributed by atoms with van der Waals surface area (Å²) in [6.07, 6.45) is -0.206. The highest BCUT2D eigenvalue weighted by Gasteiger charge is 2.32. The van der Waals surface area contributed by atoms with Crippen LogP contribution in [0.4, 0.5) is 0 Å². The van der Waals surface area contributed by atoms with E-state index in [9.17, 15) is 0 Å². The monoisotopic (exact) mass is 252 g/mol. The minimum Gasteiger partial charge on any atom is -0.389 e. The Morgan fingerprint density at radius 3 is 1.94 bits per heavy atom. The second kappa shape index (κ2) is 6.94. The Kier molecular flexibility index (Phi) is 5.89. The Morgan fingerprint density at radius 2 is 1.53 bits per heavy atom. The lowest BCUT2D eigenvalue weighted by atomic mass is 10.2. The maximum Gasteiger partial charge on any atom is 0.195 e. The Balaban J connectivity index is 2.82. The quantitative estimate of drug-likeness (QED) is 0.530. The van der Waals surface area contributed by atoms with E-state index in [4.69, 9.17) is 9.16 Å². The smallest absolute Gasteiger partial charge is 0.195 e. The van der Waals surface area contributed by atoms with Gasteiger partial charge in [-0.1, -0.05) is 51.1 Å². The number of benzene rings is 1. The third-order valence-electron chi connectivity index (χ3n) is 3.58. The fourth-order valence-corrected chi connectivity index (χ4v) is 4.78. The maximum atomic E-state index is 6.34. The lowest BCUT2D eigenvalue weighted by Crippen LogP contribution is -2.37. The lowest BCUT2D eigenvalue weighted by molar-refractivity contribution is -0.0646. The summed E-state index contributed by atoms with van der Waals surface area (Å²) in [5.74, 6) is 0. The van der Waals surface area contributed by atoms with Crippen LogP contribution in [0.2, 0.25) is 18.1 Å². The Labute approximate surface area is 106 Å². The molecule has 1 unspecified atom stereocenters. The summed E-state index contributed by atoms with van der Waals surface area (Å²) in [4.78, 5) is 0. The fraction of sp³-hybridized carbons (Fsp3) is 0.571. The molecule has 96 valence electrons. The SMILES string of the molecule is CC[Si](CC)(CC)OC(OC)c1ccccc1. The van der Waals surface area contributed by atoms with Crippen molar-refractivity contribution in [1.82, 2.24) is 0 Å². The number of methoxy groups -OCH3 is 1. The van der Waals surface area contributed by atoms with Crippen LogP contribution in [-0.4, -0.2) is 15.4 Å². The second-order valence-corrected chi connectivity index (χ2v) is 9.06. The first-order valence-electron chi connectivity index (χ1n) is 6.47. The molecular formula is C14H24O2Si. The molecule has 1 aromatic rings. The maximum absolute atomic E-state index is 6.34. The van der Waals surface area contributed by atoms with Gasteiger partial charge in [0.05, 0.1) is 0 Å². The van der Waals surface area contributed by atoms with E-state index < -0.39 is 8.32 Å². The molecule has 0 amide bonds. The van der Waals surface area contributed by atoms with Crippen molar-refractivity contribution >= 4 is 8.32 Å². The zero-order chi connectivity index (χ0) is 12.7. The summed E-state index contributed by atoms with van der Waals surface area (Å²) >= 11 is 0. The highest BCUT2D eigenvalue weighted by atomic mass is 28.4. The first-order chi connectivity index (χ1) is 8.21. The van der Waals surface area contributed by atoms with Gasteiger partial charge in [0, 0.05) is 12.7 Å². The largest absolute Gasteiger partial charge is 0.389 e. The molecule has 2 nitrogen and oxygen atoms in total. The van der Waals surface area contributed by atoms with Crippen molar-refractivity contribution in [2.24, 2.45) is 0 Å². The van der Waals surface area contributed by atoms with Gasteiger partial charge in [-0.3, -0.25) is 0 Å². The Morgan fingerprint density at radius 1 is 1.00 bits per heavy atom. The van der Waals surface area contributed by atoms with Crippen LogP contribution in [0.25, 0.3) is 0 Å². The van der Waals surface area contributed by atoms with Crippen LogP contribution in [-0.2, 0) is 9.16 Å². The van der Waals surface area contributed by atoms with E-state index in [0.717, 1.165) is 23.7 Å². The van der Waals surface area contributed by atoms with Gasteiger partial charge in [-0.25, -0.2) is 0 Å². The summed E-state index contributed by atoms with van der Waals surface area (Å²) in [5.41, 5.74) is 1.11. The van der Waals surface area contributed by atoms with Crippen molar-refractivity contribution in [3.05, 3.63) is 35.9 Å². The minimum absolute atomic E-state index is 0.206. The van der Waals surface area contributed by atoms with Gasteiger partial charge < -0.3 is 9.16 Å². The summed E-state index contributed by atoms with van der Waals surface area (Å²) in [7, 11) is 0.111. The van der Waals surface area contributed by atoms with Crippen molar-refractivity contribution in [2.45, 2.75) is 45.2 Å². The van der Waals surface area contributed by atoms with Gasteiger partial charge in [0.15, 0.2) is 14.6 Å². The highest BCUT2D eigenvalue weighted by Crippen LogP contribution is 2.29. The van der Waals surface area contributed by atoms with Crippen LogP contribution in [0, 0.1) is 0 Å². The standard InChI is InChI=1S/C14H24O2Si/c1-5-17(6-2,7-3)16-14(15-4)13-11-9-8-10-12-13/h8-12,14H,5-7H2,1-4H3. The third-order valence-corrected chi connectivity index (χ3v) is 8.16. The van der Waals surface area contributed by atoms with Gasteiger partial charge in [-0.05, 0) is 18.1 Å². The van der Waals surface area contributed by atoms with Gasteiger partial charge in [-0.15, -0.1) is 0 Å². The second-order valence-electron chi connectivity index (χ2n) is 4.34. The number of rotatable bonds is 7. The first-order valence-corrected chi connectivity index (χ1v) is 8.99. The predicted octanol–water partition coefficient (Wildman–Crippen LogP) is 4.35. The number of hydrogen-bond acceptors (Lipinski definition) is 2. The van der Waals surface area contributed by atoms with Crippen LogP contribution >= 0.6 is 0 Å². The number of ether oxygens (including phenoxy) is 1. The zero-order valence-corrected chi connectivity index (χ0v) is 12.4. The van der Waals surface area contributed by atoms with Gasteiger partial charge in [0.25, 0.3) is 0 Å². The molecule has 17 heavy (non-hydrogen) atoms. The Bertz CT molecular complexity index is 301. The molecule has 0 fully saturated rings. The molecule has 0 saturated heterocycles. The first kappa shape index (κ1) is 14.4. The Hall–Kier alpha value is -0.643. The molecule has 0 spiro atoms.